The molecule has 0 saturated heterocycles. The SMILES string of the molecule is CCC[CH2][Sn]([CH2]CCC)([CH2]CCC)[CH2]O[C@H]1C=C[C@H](OCOC)C[C@@H]1COC. The molecule has 0 unspecified atom stereocenters. The van der Waals surface area contributed by atoms with Gasteiger partial charge in [-0.05, 0) is 0 Å². The van der Waals surface area contributed by atoms with Crippen LogP contribution in [0, 0.1) is 5.92 Å². The van der Waals surface area contributed by atoms with Crippen molar-refractivity contribution >= 4 is 18.4 Å². The fraction of sp³-hybridized carbons (Fsp3) is 0.913. The monoisotopic (exact) mass is 506 g/mol. The molecule has 0 aliphatic heterocycles. The Labute approximate surface area is 178 Å². The Morgan fingerprint density at radius 2 is 1.43 bits per heavy atom. The average molecular weight is 505 g/mol. The van der Waals surface area contributed by atoms with E-state index in [1.807, 2.05) is 0 Å². The molecule has 0 radical (unpaired) electrons. The van der Waals surface area contributed by atoms with E-state index >= 15 is 0 Å². The third-order valence-corrected chi connectivity index (χ3v) is 20.4. The number of ether oxygens (including phenoxy) is 4. The van der Waals surface area contributed by atoms with Gasteiger partial charge in [0, 0.05) is 0 Å². The summed E-state index contributed by atoms with van der Waals surface area (Å²) < 4.78 is 28.6. The Bertz CT molecular complexity index is 380. The molecule has 1 rings (SSSR count). The zero-order chi connectivity index (χ0) is 20.7. The second kappa shape index (κ2) is 16.1. The van der Waals surface area contributed by atoms with Crippen LogP contribution in [0.2, 0.25) is 13.3 Å². The second-order valence-electron chi connectivity index (χ2n) is 8.53. The predicted molar refractivity (Wildman–Crippen MR) is 121 cm³/mol. The standard InChI is InChI=1S/C11H19O4.3C4H9.Sn/c1-12-7-9-6-10(15-8-13-2)4-5-11(9)14-3;3*1-3-4-2;/h4-5,9-11H,3,6-8H2,1-2H3;3*1,3-4H2,2H3;/t9-,10+,11+;;;;/m1..../s1. The molecule has 5 heteroatoms. The van der Waals surface area contributed by atoms with Gasteiger partial charge in [0.15, 0.2) is 0 Å². The van der Waals surface area contributed by atoms with Gasteiger partial charge in [-0.1, -0.05) is 0 Å². The van der Waals surface area contributed by atoms with Crippen molar-refractivity contribution in [3.8, 4) is 0 Å². The van der Waals surface area contributed by atoms with Gasteiger partial charge in [0.25, 0.3) is 0 Å². The van der Waals surface area contributed by atoms with Gasteiger partial charge in [-0.2, -0.15) is 0 Å². The van der Waals surface area contributed by atoms with Crippen LogP contribution in [-0.4, -0.2) is 62.8 Å². The number of unbranched alkanes of at least 4 members (excludes halogenated alkanes) is 3. The van der Waals surface area contributed by atoms with E-state index in [1.165, 1.54) is 51.8 Å². The number of rotatable bonds is 17. The van der Waals surface area contributed by atoms with Crippen LogP contribution in [0.3, 0.4) is 0 Å². The van der Waals surface area contributed by atoms with Crippen molar-refractivity contribution < 1.29 is 18.9 Å². The van der Waals surface area contributed by atoms with Crippen LogP contribution < -0.4 is 0 Å². The van der Waals surface area contributed by atoms with Crippen molar-refractivity contribution in [2.24, 2.45) is 5.92 Å². The van der Waals surface area contributed by atoms with Crippen LogP contribution in [0.4, 0.5) is 0 Å². The fourth-order valence-electron chi connectivity index (χ4n) is 4.27. The predicted octanol–water partition coefficient (Wildman–Crippen LogP) is 5.97. The van der Waals surface area contributed by atoms with Crippen LogP contribution in [-0.2, 0) is 18.9 Å². The van der Waals surface area contributed by atoms with Crippen LogP contribution in [0.15, 0.2) is 12.2 Å². The molecule has 1 aliphatic rings. The zero-order valence-electron chi connectivity index (χ0n) is 19.2. The second-order valence-corrected chi connectivity index (χ2v) is 22.2. The van der Waals surface area contributed by atoms with E-state index in [0.29, 0.717) is 12.7 Å². The maximum absolute atomic E-state index is 6.70. The summed E-state index contributed by atoms with van der Waals surface area (Å²) in [6.45, 7) is 8.05. The van der Waals surface area contributed by atoms with Crippen LogP contribution in [0.25, 0.3) is 0 Å². The van der Waals surface area contributed by atoms with Gasteiger partial charge in [0.2, 0.25) is 0 Å². The quantitative estimate of drug-likeness (QED) is 0.139. The van der Waals surface area contributed by atoms with Crippen LogP contribution in [0.5, 0.6) is 0 Å². The van der Waals surface area contributed by atoms with Gasteiger partial charge in [0.05, 0.1) is 0 Å². The summed E-state index contributed by atoms with van der Waals surface area (Å²) in [6, 6.07) is 0. The molecule has 0 N–H and O–H groups in total. The summed E-state index contributed by atoms with van der Waals surface area (Å²) in [4.78, 5) is 0. The molecule has 0 aromatic carbocycles. The van der Waals surface area contributed by atoms with Gasteiger partial charge in [-0.15, -0.1) is 0 Å². The van der Waals surface area contributed by atoms with Gasteiger partial charge >= 0.3 is 179 Å². The first kappa shape index (κ1) is 26.4. The van der Waals surface area contributed by atoms with Crippen molar-refractivity contribution in [3.05, 3.63) is 12.2 Å². The molecule has 0 fully saturated rings. The Morgan fingerprint density at radius 1 is 0.821 bits per heavy atom. The molecule has 0 spiro atoms. The van der Waals surface area contributed by atoms with E-state index in [9.17, 15) is 0 Å². The molecule has 0 heterocycles. The molecule has 28 heavy (non-hydrogen) atoms. The summed E-state index contributed by atoms with van der Waals surface area (Å²) in [5, 5.41) is 0. The van der Waals surface area contributed by atoms with Crippen LogP contribution in [0.1, 0.15) is 65.7 Å². The molecule has 0 saturated carbocycles. The molecular formula is C23H46O4Sn. The normalized spacial score (nSPS) is 22.7. The van der Waals surface area contributed by atoms with Gasteiger partial charge < -0.3 is 0 Å². The molecule has 0 amide bonds. The van der Waals surface area contributed by atoms with E-state index in [-0.39, 0.29) is 12.2 Å². The third kappa shape index (κ3) is 9.92. The van der Waals surface area contributed by atoms with E-state index in [2.05, 4.69) is 32.9 Å². The topological polar surface area (TPSA) is 36.9 Å². The number of hydrogen-bond acceptors (Lipinski definition) is 4. The van der Waals surface area contributed by atoms with E-state index in [4.69, 9.17) is 18.9 Å². The molecule has 0 bridgehead atoms. The Morgan fingerprint density at radius 3 is 1.93 bits per heavy atom. The van der Waals surface area contributed by atoms with Crippen molar-refractivity contribution in [1.82, 2.24) is 0 Å². The van der Waals surface area contributed by atoms with E-state index < -0.39 is 18.4 Å². The minimum atomic E-state index is -2.26. The summed E-state index contributed by atoms with van der Waals surface area (Å²) in [7, 11) is 3.45. The number of methoxy groups -OCH3 is 2. The maximum atomic E-state index is 6.70. The molecule has 166 valence electrons. The Kier molecular flexibility index (Phi) is 15.2. The minimum absolute atomic E-state index is 0.105. The molecule has 1 aliphatic carbocycles. The summed E-state index contributed by atoms with van der Waals surface area (Å²) >= 11 is -2.26. The van der Waals surface area contributed by atoms with E-state index in [1.54, 1.807) is 14.2 Å². The first-order valence-electron chi connectivity index (χ1n) is 11.5. The third-order valence-electron chi connectivity index (χ3n) is 6.06. The average Bonchev–Trinajstić information content (AvgIpc) is 2.72. The van der Waals surface area contributed by atoms with Crippen molar-refractivity contribution in [2.45, 2.75) is 91.2 Å². The van der Waals surface area contributed by atoms with Crippen molar-refractivity contribution in [1.29, 1.82) is 0 Å². The first-order chi connectivity index (χ1) is 13.6. The Balaban J connectivity index is 2.79. The van der Waals surface area contributed by atoms with Crippen molar-refractivity contribution in [2.75, 3.05) is 32.2 Å². The zero-order valence-corrected chi connectivity index (χ0v) is 22.1. The molecular weight excluding hydrogens is 459 g/mol. The van der Waals surface area contributed by atoms with Gasteiger partial charge in [-0.25, -0.2) is 0 Å². The summed E-state index contributed by atoms with van der Waals surface area (Å²) in [5.74, 6) is 0.365. The summed E-state index contributed by atoms with van der Waals surface area (Å²) in [6.07, 6.45) is 13.7. The molecule has 0 aromatic heterocycles. The number of hydrogen-bond donors (Lipinski definition) is 0. The van der Waals surface area contributed by atoms with Crippen LogP contribution >= 0.6 is 0 Å². The molecule has 0 aromatic rings. The van der Waals surface area contributed by atoms with E-state index in [0.717, 1.165) is 17.7 Å². The van der Waals surface area contributed by atoms with Gasteiger partial charge in [-0.3, -0.25) is 0 Å². The summed E-state index contributed by atoms with van der Waals surface area (Å²) in [5.41, 5.74) is 0. The van der Waals surface area contributed by atoms with Crippen molar-refractivity contribution in [3.63, 3.8) is 0 Å². The molecule has 4 nitrogen and oxygen atoms in total. The van der Waals surface area contributed by atoms with Gasteiger partial charge in [0.1, 0.15) is 0 Å². The fourth-order valence-corrected chi connectivity index (χ4v) is 18.7. The first-order valence-corrected chi connectivity index (χ1v) is 19.6. The molecule has 3 atom stereocenters. The Hall–Kier alpha value is 0.379.